The van der Waals surface area contributed by atoms with Crippen LogP contribution in [0.4, 0.5) is 5.69 Å². The molecule has 0 saturated carbocycles. The van der Waals surface area contributed by atoms with Gasteiger partial charge in [0.05, 0.1) is 24.8 Å². The Morgan fingerprint density at radius 2 is 1.90 bits per heavy atom. The van der Waals surface area contributed by atoms with E-state index in [-0.39, 0.29) is 22.2 Å². The van der Waals surface area contributed by atoms with Crippen molar-refractivity contribution in [3.05, 3.63) is 79.7 Å². The molecule has 7 nitrogen and oxygen atoms in total. The van der Waals surface area contributed by atoms with Gasteiger partial charge in [-0.15, -0.1) is 0 Å². The fourth-order valence-corrected chi connectivity index (χ4v) is 3.04. The summed E-state index contributed by atoms with van der Waals surface area (Å²) in [5.41, 5.74) is -0.299. The number of hydrogen-bond acceptors (Lipinski definition) is 5. The molecular formula is C22H19ClN2O5. The number of carbonyl (C=O) groups is 1. The number of nitrogens with one attached hydrogen (secondary N) is 2. The standard InChI is InChI=1S/C22H19ClN2O5/c1-3-30-15-7-5-14(6-8-15)24-19(26)11-10-17-20(27)16-9-4-13(23)12-18(16)25-22(28)21(17)29-2/h4-12H,3H2,1-2H3,(H,24,26)(H,25,28)/b11-10+. The van der Waals surface area contributed by atoms with Gasteiger partial charge in [0.2, 0.25) is 5.91 Å². The van der Waals surface area contributed by atoms with Gasteiger partial charge in [-0.1, -0.05) is 11.6 Å². The summed E-state index contributed by atoms with van der Waals surface area (Å²) in [6, 6.07) is 11.4. The van der Waals surface area contributed by atoms with Crippen LogP contribution in [0.3, 0.4) is 0 Å². The molecule has 2 aromatic carbocycles. The van der Waals surface area contributed by atoms with Crippen molar-refractivity contribution in [3.63, 3.8) is 0 Å². The van der Waals surface area contributed by atoms with Crippen molar-refractivity contribution in [2.45, 2.75) is 6.92 Å². The summed E-state index contributed by atoms with van der Waals surface area (Å²) >= 11 is 5.96. The van der Waals surface area contributed by atoms with Crippen molar-refractivity contribution in [1.29, 1.82) is 0 Å². The highest BCUT2D eigenvalue weighted by molar-refractivity contribution is 6.31. The molecule has 0 atom stereocenters. The van der Waals surface area contributed by atoms with Crippen LogP contribution in [0.2, 0.25) is 5.02 Å². The second-order valence-electron chi connectivity index (χ2n) is 6.20. The molecule has 0 unspecified atom stereocenters. The maximum absolute atomic E-state index is 13.0. The van der Waals surface area contributed by atoms with E-state index in [4.69, 9.17) is 21.1 Å². The van der Waals surface area contributed by atoms with Gasteiger partial charge in [-0.3, -0.25) is 14.4 Å². The van der Waals surface area contributed by atoms with Crippen LogP contribution in [0.1, 0.15) is 12.5 Å². The monoisotopic (exact) mass is 426 g/mol. The van der Waals surface area contributed by atoms with Crippen LogP contribution in [0.15, 0.2) is 58.1 Å². The molecule has 154 valence electrons. The van der Waals surface area contributed by atoms with E-state index in [1.165, 1.54) is 25.3 Å². The van der Waals surface area contributed by atoms with Gasteiger partial charge >= 0.3 is 0 Å². The van der Waals surface area contributed by atoms with E-state index in [9.17, 15) is 14.4 Å². The number of H-pyrrole nitrogens is 1. The molecule has 0 saturated heterocycles. The third-order valence-electron chi connectivity index (χ3n) is 4.21. The second-order valence-corrected chi connectivity index (χ2v) is 6.64. The molecule has 30 heavy (non-hydrogen) atoms. The number of aromatic amines is 1. The highest BCUT2D eigenvalue weighted by atomic mass is 35.5. The number of fused-ring (bicyclic) bond motifs is 1. The summed E-state index contributed by atoms with van der Waals surface area (Å²) in [6.07, 6.45) is 2.42. The first-order valence-corrected chi connectivity index (χ1v) is 9.46. The van der Waals surface area contributed by atoms with Crippen molar-refractivity contribution in [2.75, 3.05) is 19.0 Å². The lowest BCUT2D eigenvalue weighted by Crippen LogP contribution is -2.12. The molecule has 3 rings (SSSR count). The molecule has 0 aliphatic rings. The van der Waals surface area contributed by atoms with E-state index >= 15 is 0 Å². The highest BCUT2D eigenvalue weighted by Crippen LogP contribution is 2.18. The maximum atomic E-state index is 13.0. The number of amides is 1. The summed E-state index contributed by atoms with van der Waals surface area (Å²) in [7, 11) is 1.28. The number of methoxy groups -OCH3 is 1. The largest absolute Gasteiger partial charge is 0.494 e. The summed E-state index contributed by atoms with van der Waals surface area (Å²) < 4.78 is 10.5. The van der Waals surface area contributed by atoms with Crippen LogP contribution in [0, 0.1) is 0 Å². The Labute approximate surface area is 176 Å². The molecule has 0 aliphatic heterocycles. The Hall–Kier alpha value is -3.58. The third kappa shape index (κ3) is 4.69. The molecule has 2 N–H and O–H groups in total. The summed E-state index contributed by atoms with van der Waals surface area (Å²) in [6.45, 7) is 2.42. The molecule has 0 radical (unpaired) electrons. The molecule has 0 fully saturated rings. The van der Waals surface area contributed by atoms with Crippen LogP contribution >= 0.6 is 11.6 Å². The molecule has 0 aliphatic carbocycles. The zero-order chi connectivity index (χ0) is 21.7. The summed E-state index contributed by atoms with van der Waals surface area (Å²) in [5.74, 6) is 0.0168. The van der Waals surface area contributed by atoms with Crippen LogP contribution in [-0.4, -0.2) is 24.6 Å². The number of benzene rings is 2. The lowest BCUT2D eigenvalue weighted by Gasteiger charge is -2.05. The number of halogens is 1. The number of hydrogen-bond donors (Lipinski definition) is 2. The predicted molar refractivity (Wildman–Crippen MR) is 118 cm³/mol. The Balaban J connectivity index is 1.96. The fourth-order valence-electron chi connectivity index (χ4n) is 2.87. The molecule has 1 aromatic heterocycles. The minimum absolute atomic E-state index is 0.0436. The van der Waals surface area contributed by atoms with Crippen molar-refractivity contribution in [2.24, 2.45) is 0 Å². The quantitative estimate of drug-likeness (QED) is 0.587. The number of rotatable bonds is 6. The van der Waals surface area contributed by atoms with E-state index in [2.05, 4.69) is 10.3 Å². The normalized spacial score (nSPS) is 10.9. The number of aromatic nitrogens is 1. The van der Waals surface area contributed by atoms with Gasteiger partial charge in [-0.25, -0.2) is 0 Å². The Kier molecular flexibility index (Phi) is 6.54. The first-order chi connectivity index (χ1) is 14.4. The molecule has 0 spiro atoms. The minimum atomic E-state index is -0.613. The van der Waals surface area contributed by atoms with Gasteiger partial charge in [0.25, 0.3) is 5.56 Å². The van der Waals surface area contributed by atoms with Gasteiger partial charge in [0.1, 0.15) is 5.75 Å². The van der Waals surface area contributed by atoms with Crippen LogP contribution < -0.4 is 25.8 Å². The molecular weight excluding hydrogens is 408 g/mol. The average Bonchev–Trinajstić information content (AvgIpc) is 2.81. The fraction of sp³-hybridized carbons (Fsp3) is 0.136. The van der Waals surface area contributed by atoms with Crippen molar-refractivity contribution in [1.82, 2.24) is 4.98 Å². The van der Waals surface area contributed by atoms with E-state index in [0.29, 0.717) is 23.1 Å². The number of carbonyl (C=O) groups excluding carboxylic acids is 1. The van der Waals surface area contributed by atoms with Crippen LogP contribution in [0.25, 0.3) is 17.0 Å². The Bertz CT molecular complexity index is 1230. The molecule has 1 heterocycles. The first-order valence-electron chi connectivity index (χ1n) is 9.08. The lowest BCUT2D eigenvalue weighted by atomic mass is 10.1. The van der Waals surface area contributed by atoms with E-state index < -0.39 is 16.9 Å². The van der Waals surface area contributed by atoms with E-state index in [1.54, 1.807) is 30.3 Å². The minimum Gasteiger partial charge on any atom is -0.494 e. The lowest BCUT2D eigenvalue weighted by molar-refractivity contribution is -0.111. The maximum Gasteiger partial charge on any atom is 0.291 e. The summed E-state index contributed by atoms with van der Waals surface area (Å²) in [4.78, 5) is 40.3. The zero-order valence-corrected chi connectivity index (χ0v) is 17.1. The van der Waals surface area contributed by atoms with Crippen molar-refractivity contribution in [3.8, 4) is 11.5 Å². The van der Waals surface area contributed by atoms with E-state index in [1.807, 2.05) is 6.92 Å². The van der Waals surface area contributed by atoms with Gasteiger partial charge < -0.3 is 19.8 Å². The Morgan fingerprint density at radius 3 is 2.57 bits per heavy atom. The molecule has 3 aromatic rings. The highest BCUT2D eigenvalue weighted by Gasteiger charge is 2.12. The van der Waals surface area contributed by atoms with Gasteiger partial charge in [-0.2, -0.15) is 0 Å². The average molecular weight is 427 g/mol. The zero-order valence-electron chi connectivity index (χ0n) is 16.3. The second kappa shape index (κ2) is 9.28. The van der Waals surface area contributed by atoms with Crippen LogP contribution in [-0.2, 0) is 4.79 Å². The van der Waals surface area contributed by atoms with Gasteiger partial charge in [0, 0.05) is 22.2 Å². The topological polar surface area (TPSA) is 97.5 Å². The van der Waals surface area contributed by atoms with Crippen molar-refractivity contribution >= 4 is 40.2 Å². The van der Waals surface area contributed by atoms with E-state index in [0.717, 1.165) is 6.08 Å². The first kappa shape index (κ1) is 21.1. The molecule has 1 amide bonds. The number of ether oxygens (including phenoxy) is 2. The molecule has 0 bridgehead atoms. The van der Waals surface area contributed by atoms with Crippen LogP contribution in [0.5, 0.6) is 11.5 Å². The van der Waals surface area contributed by atoms with Gasteiger partial charge in [-0.05, 0) is 55.5 Å². The summed E-state index contributed by atoms with van der Waals surface area (Å²) in [5, 5.41) is 3.29. The SMILES string of the molecule is CCOc1ccc(NC(=O)/C=C/c2c(OC)c(=O)[nH]c3cc(Cl)ccc3c2=O)cc1. The third-order valence-corrected chi connectivity index (χ3v) is 4.44. The smallest absolute Gasteiger partial charge is 0.291 e. The number of anilines is 1. The van der Waals surface area contributed by atoms with Crippen molar-refractivity contribution < 1.29 is 14.3 Å². The predicted octanol–water partition coefficient (Wildman–Crippen LogP) is 3.60. The molecule has 8 heteroatoms. The Morgan fingerprint density at radius 1 is 1.17 bits per heavy atom. The van der Waals surface area contributed by atoms with Gasteiger partial charge in [0.15, 0.2) is 11.2 Å².